The van der Waals surface area contributed by atoms with Gasteiger partial charge in [-0.05, 0) is 76.0 Å². The van der Waals surface area contributed by atoms with Gasteiger partial charge in [-0.15, -0.1) is 11.8 Å². The second-order valence-electron chi connectivity index (χ2n) is 13.0. The molecule has 2 aromatic rings. The maximum Gasteiger partial charge on any atom is 0.408 e. The van der Waals surface area contributed by atoms with E-state index in [2.05, 4.69) is 59.2 Å². The fourth-order valence-electron chi connectivity index (χ4n) is 5.95. The van der Waals surface area contributed by atoms with Crippen LogP contribution >= 0.6 is 11.8 Å². The molecule has 8 heteroatoms. The Hall–Kier alpha value is -3.26. The molecule has 7 nitrogen and oxygen atoms in total. The third-order valence-electron chi connectivity index (χ3n) is 8.33. The Morgan fingerprint density at radius 3 is 2.33 bits per heavy atom. The van der Waals surface area contributed by atoms with Crippen LogP contribution in [0.1, 0.15) is 77.7 Å². The van der Waals surface area contributed by atoms with Crippen LogP contribution in [0.2, 0.25) is 0 Å². The van der Waals surface area contributed by atoms with Crippen molar-refractivity contribution in [3.8, 4) is 11.1 Å². The first-order valence-electron chi connectivity index (χ1n) is 15.7. The molecule has 2 aromatic carbocycles. The second kappa shape index (κ2) is 13.6. The lowest BCUT2D eigenvalue weighted by Crippen LogP contribution is -2.54. The van der Waals surface area contributed by atoms with Gasteiger partial charge in [-0.3, -0.25) is 9.59 Å². The van der Waals surface area contributed by atoms with Crippen molar-refractivity contribution in [2.75, 3.05) is 12.3 Å². The first-order chi connectivity index (χ1) is 20.6. The number of alkyl carbamates (subject to hydrolysis) is 1. The van der Waals surface area contributed by atoms with Crippen molar-refractivity contribution in [3.05, 3.63) is 72.3 Å². The number of fused-ring (bicyclic) bond motifs is 2. The van der Waals surface area contributed by atoms with Gasteiger partial charge in [0, 0.05) is 18.3 Å². The summed E-state index contributed by atoms with van der Waals surface area (Å²) in [5.74, 6) is 0.479. The third kappa shape index (κ3) is 8.22. The number of nitrogens with one attached hydrogen (secondary N) is 2. The molecule has 1 saturated carbocycles. The minimum Gasteiger partial charge on any atom is -0.444 e. The smallest absolute Gasteiger partial charge is 0.408 e. The molecule has 5 rings (SSSR count). The van der Waals surface area contributed by atoms with Crippen molar-refractivity contribution < 1.29 is 19.1 Å². The minimum absolute atomic E-state index is 0.102. The molecule has 2 aliphatic heterocycles. The summed E-state index contributed by atoms with van der Waals surface area (Å²) in [6, 6.07) is 17.7. The van der Waals surface area contributed by atoms with E-state index in [4.69, 9.17) is 4.74 Å². The Bertz CT molecular complexity index is 1300. The molecule has 3 aliphatic rings. The lowest BCUT2D eigenvalue weighted by atomic mass is 9.93. The molecule has 0 spiro atoms. The van der Waals surface area contributed by atoms with Crippen LogP contribution in [0.15, 0.2) is 66.7 Å². The van der Waals surface area contributed by atoms with E-state index < -0.39 is 28.5 Å². The van der Waals surface area contributed by atoms with Crippen molar-refractivity contribution in [2.24, 2.45) is 0 Å². The van der Waals surface area contributed by atoms with Crippen LogP contribution in [0.3, 0.4) is 0 Å². The SMILES string of the molecule is CC(C)(C)OC(=O)N[C@H]1CCCCC/C=C/CS[C@@]2(c3ccc(-c4ccccc4)cc3)C[C@@H](C(=O)NC3CC3)N(C2)C1=O. The predicted molar refractivity (Wildman–Crippen MR) is 173 cm³/mol. The van der Waals surface area contributed by atoms with Gasteiger partial charge < -0.3 is 20.3 Å². The number of thioether (sulfide) groups is 1. The van der Waals surface area contributed by atoms with Gasteiger partial charge in [0.1, 0.15) is 17.7 Å². The normalized spacial score (nSPS) is 25.8. The summed E-state index contributed by atoms with van der Waals surface area (Å²) < 4.78 is 5.07. The van der Waals surface area contributed by atoms with Crippen molar-refractivity contribution in [2.45, 2.75) is 101 Å². The number of allylic oxidation sites excluding steroid dienone is 1. The number of amides is 3. The third-order valence-corrected chi connectivity index (χ3v) is 9.77. The lowest BCUT2D eigenvalue weighted by molar-refractivity contribution is -0.140. The molecule has 3 amide bonds. The number of ether oxygens (including phenoxy) is 1. The van der Waals surface area contributed by atoms with Crippen molar-refractivity contribution in [3.63, 3.8) is 0 Å². The minimum atomic E-state index is -0.759. The number of rotatable bonds is 5. The zero-order valence-electron chi connectivity index (χ0n) is 25.6. The molecule has 43 heavy (non-hydrogen) atoms. The van der Waals surface area contributed by atoms with Crippen LogP contribution in [-0.4, -0.2) is 58.8 Å². The largest absolute Gasteiger partial charge is 0.444 e. The highest BCUT2D eigenvalue weighted by Gasteiger charge is 2.51. The first-order valence-corrected chi connectivity index (χ1v) is 16.7. The second-order valence-corrected chi connectivity index (χ2v) is 14.4. The summed E-state index contributed by atoms with van der Waals surface area (Å²) >= 11 is 1.80. The van der Waals surface area contributed by atoms with E-state index in [0.29, 0.717) is 19.4 Å². The summed E-state index contributed by atoms with van der Waals surface area (Å²) in [5.41, 5.74) is 2.70. The Kier molecular flexibility index (Phi) is 9.85. The summed E-state index contributed by atoms with van der Waals surface area (Å²) in [4.78, 5) is 42.7. The number of benzene rings is 2. The van der Waals surface area contributed by atoms with Gasteiger partial charge in [0.2, 0.25) is 11.8 Å². The Balaban J connectivity index is 1.49. The average Bonchev–Trinajstić information content (AvgIpc) is 3.71. The molecule has 230 valence electrons. The summed E-state index contributed by atoms with van der Waals surface area (Å²) in [5, 5.41) is 6.04. The lowest BCUT2D eigenvalue weighted by Gasteiger charge is -2.31. The number of carbonyl (C=O) groups excluding carboxylic acids is 3. The Morgan fingerprint density at radius 2 is 1.63 bits per heavy atom. The fourth-order valence-corrected chi connectivity index (χ4v) is 7.31. The van der Waals surface area contributed by atoms with Gasteiger partial charge in [0.05, 0.1) is 4.75 Å². The van der Waals surface area contributed by atoms with E-state index in [1.807, 2.05) is 39.0 Å². The van der Waals surface area contributed by atoms with Crippen molar-refractivity contribution in [1.29, 1.82) is 0 Å². The van der Waals surface area contributed by atoms with E-state index in [0.717, 1.165) is 61.0 Å². The predicted octanol–water partition coefficient (Wildman–Crippen LogP) is 6.58. The molecule has 0 radical (unpaired) electrons. The van der Waals surface area contributed by atoms with Crippen LogP contribution in [-0.2, 0) is 19.1 Å². The van der Waals surface area contributed by atoms with Gasteiger partial charge in [-0.2, -0.15) is 0 Å². The molecule has 0 aromatic heterocycles. The van der Waals surface area contributed by atoms with E-state index in [1.165, 1.54) is 0 Å². The van der Waals surface area contributed by atoms with E-state index in [1.54, 1.807) is 16.7 Å². The molecule has 1 aliphatic carbocycles. The van der Waals surface area contributed by atoms with Crippen molar-refractivity contribution in [1.82, 2.24) is 15.5 Å². The monoisotopic (exact) mass is 603 g/mol. The molecule has 1 saturated heterocycles. The van der Waals surface area contributed by atoms with Crippen LogP contribution < -0.4 is 10.6 Å². The zero-order chi connectivity index (χ0) is 30.5. The molecule has 2 heterocycles. The quantitative estimate of drug-likeness (QED) is 0.377. The first kappa shape index (κ1) is 31.2. The maximum absolute atomic E-state index is 14.4. The Labute approximate surface area is 260 Å². The Morgan fingerprint density at radius 1 is 0.907 bits per heavy atom. The van der Waals surface area contributed by atoms with Crippen molar-refractivity contribution >= 4 is 29.7 Å². The highest BCUT2D eigenvalue weighted by Crippen LogP contribution is 2.48. The maximum atomic E-state index is 14.4. The van der Waals surface area contributed by atoms with Gasteiger partial charge in [0.25, 0.3) is 0 Å². The highest BCUT2D eigenvalue weighted by atomic mass is 32.2. The van der Waals surface area contributed by atoms with E-state index in [-0.39, 0.29) is 17.9 Å². The number of carbonyl (C=O) groups is 3. The zero-order valence-corrected chi connectivity index (χ0v) is 26.5. The van der Waals surface area contributed by atoms with E-state index in [9.17, 15) is 14.4 Å². The molecule has 2 fully saturated rings. The number of hydrogen-bond acceptors (Lipinski definition) is 5. The van der Waals surface area contributed by atoms with Gasteiger partial charge in [-0.25, -0.2) is 4.79 Å². The van der Waals surface area contributed by atoms with Gasteiger partial charge in [-0.1, -0.05) is 79.6 Å². The highest BCUT2D eigenvalue weighted by molar-refractivity contribution is 8.00. The molecular weight excluding hydrogens is 558 g/mol. The molecule has 0 unspecified atom stereocenters. The van der Waals surface area contributed by atoms with Crippen LogP contribution in [0.5, 0.6) is 0 Å². The molecule has 2 N–H and O–H groups in total. The molecule has 3 atom stereocenters. The fraction of sp³-hybridized carbons (Fsp3) is 0.514. The summed E-state index contributed by atoms with van der Waals surface area (Å²) in [7, 11) is 0. The molecule has 2 bridgehead atoms. The number of hydrogen-bond donors (Lipinski definition) is 2. The molecular formula is C35H45N3O4S. The van der Waals surface area contributed by atoms with Crippen LogP contribution in [0, 0.1) is 0 Å². The standard InChI is InChI=1S/C35H45N3O4S/c1-34(2,3)42-33(41)37-29-15-11-6-4-5-7-12-22-43-35(27-18-16-26(17-19-27)25-13-9-8-10-14-25)23-30(38(24-35)32(29)40)31(39)36-28-20-21-28/h7-10,12-14,16-19,28-30H,4-6,11,15,20-24H2,1-3H3,(H,36,39)(H,37,41)/b12-7+/t29-,30-,35-/m0/s1. The van der Waals surface area contributed by atoms with Gasteiger partial charge in [0.15, 0.2) is 0 Å². The van der Waals surface area contributed by atoms with Crippen LogP contribution in [0.25, 0.3) is 11.1 Å². The van der Waals surface area contributed by atoms with Gasteiger partial charge >= 0.3 is 6.09 Å². The number of nitrogens with zero attached hydrogens (tertiary/aromatic N) is 1. The summed E-state index contributed by atoms with van der Waals surface area (Å²) in [6.45, 7) is 5.82. The summed E-state index contributed by atoms with van der Waals surface area (Å²) in [6.07, 6.45) is 10.6. The average molecular weight is 604 g/mol. The van der Waals surface area contributed by atoms with E-state index >= 15 is 0 Å². The van der Waals surface area contributed by atoms with Crippen LogP contribution in [0.4, 0.5) is 4.79 Å². The topological polar surface area (TPSA) is 87.7 Å².